The number of ether oxygens (including phenoxy) is 1. The molecule has 0 amide bonds. The number of benzene rings is 3. The molecule has 0 N–H and O–H groups in total. The van der Waals surface area contributed by atoms with E-state index in [0.29, 0.717) is 5.69 Å². The smallest absolute Gasteiger partial charge is 0.307 e. The van der Waals surface area contributed by atoms with E-state index in [1.165, 1.54) is 11.4 Å². The molecule has 0 saturated heterocycles. The average Bonchev–Trinajstić information content (AvgIpc) is 2.76. The number of para-hydroxylation sites is 1. The van der Waals surface area contributed by atoms with Crippen molar-refractivity contribution in [3.63, 3.8) is 0 Å². The number of nitrogens with zero attached hydrogens (tertiary/aromatic N) is 1. The predicted octanol–water partition coefficient (Wildman–Crippen LogP) is 5.23. The number of sulfonamides is 1. The summed E-state index contributed by atoms with van der Waals surface area (Å²) in [6.07, 6.45) is -0.0626. The van der Waals surface area contributed by atoms with Crippen LogP contribution in [0.1, 0.15) is 40.3 Å². The average molecular weight is 450 g/mol. The number of aryl methyl sites for hydroxylation is 3. The molecule has 1 unspecified atom stereocenters. The third-order valence-electron chi connectivity index (χ3n) is 6.09. The summed E-state index contributed by atoms with van der Waals surface area (Å²) in [4.78, 5) is 12.3. The number of hydrogen-bond acceptors (Lipinski definition) is 4. The fourth-order valence-corrected chi connectivity index (χ4v) is 6.68. The maximum absolute atomic E-state index is 14.0. The van der Waals surface area contributed by atoms with Gasteiger partial charge >= 0.3 is 5.97 Å². The van der Waals surface area contributed by atoms with Gasteiger partial charge in [0.15, 0.2) is 0 Å². The first-order valence-electron chi connectivity index (χ1n) is 10.6. The lowest BCUT2D eigenvalue weighted by Crippen LogP contribution is -2.39. The minimum Gasteiger partial charge on any atom is -0.469 e. The second-order valence-corrected chi connectivity index (χ2v) is 10.2. The molecule has 3 aromatic carbocycles. The monoisotopic (exact) mass is 449 g/mol. The van der Waals surface area contributed by atoms with Gasteiger partial charge in [-0.2, -0.15) is 0 Å². The van der Waals surface area contributed by atoms with E-state index < -0.39 is 22.0 Å². The Kier molecular flexibility index (Phi) is 5.82. The van der Waals surface area contributed by atoms with Crippen molar-refractivity contribution in [2.45, 2.75) is 39.0 Å². The summed E-state index contributed by atoms with van der Waals surface area (Å²) >= 11 is 0. The van der Waals surface area contributed by atoms with Crippen LogP contribution in [0, 0.1) is 20.8 Å². The first-order valence-corrected chi connectivity index (χ1v) is 12.2. The maximum atomic E-state index is 14.0. The number of fused-ring (bicyclic) bond motifs is 3. The van der Waals surface area contributed by atoms with Crippen LogP contribution < -0.4 is 4.31 Å². The molecule has 0 fully saturated rings. The Bertz CT molecular complexity index is 1270. The first-order chi connectivity index (χ1) is 15.2. The topological polar surface area (TPSA) is 63.7 Å². The van der Waals surface area contributed by atoms with Crippen LogP contribution in [0.15, 0.2) is 60.7 Å². The van der Waals surface area contributed by atoms with E-state index in [1.807, 2.05) is 81.4 Å². The Hall–Kier alpha value is -3.12. The van der Waals surface area contributed by atoms with E-state index in [-0.39, 0.29) is 12.2 Å². The van der Waals surface area contributed by atoms with Gasteiger partial charge in [0.1, 0.15) is 0 Å². The second-order valence-electron chi connectivity index (χ2n) is 8.33. The Morgan fingerprint density at radius 3 is 2.19 bits per heavy atom. The van der Waals surface area contributed by atoms with Crippen molar-refractivity contribution in [2.24, 2.45) is 0 Å². The second kappa shape index (κ2) is 8.43. The van der Waals surface area contributed by atoms with Gasteiger partial charge in [0.2, 0.25) is 10.0 Å². The molecule has 3 aromatic rings. The fourth-order valence-electron chi connectivity index (χ4n) is 4.69. The first kappa shape index (κ1) is 22.1. The van der Waals surface area contributed by atoms with Crippen molar-refractivity contribution in [3.8, 4) is 11.1 Å². The predicted molar refractivity (Wildman–Crippen MR) is 127 cm³/mol. The van der Waals surface area contributed by atoms with Crippen molar-refractivity contribution in [3.05, 3.63) is 88.5 Å². The van der Waals surface area contributed by atoms with Crippen LogP contribution in [0.25, 0.3) is 11.1 Å². The van der Waals surface area contributed by atoms with Gasteiger partial charge in [-0.1, -0.05) is 60.2 Å². The normalized spacial score (nSPS) is 15.1. The van der Waals surface area contributed by atoms with Crippen molar-refractivity contribution < 1.29 is 17.9 Å². The molecule has 0 saturated carbocycles. The van der Waals surface area contributed by atoms with Crippen molar-refractivity contribution in [2.75, 3.05) is 11.4 Å². The van der Waals surface area contributed by atoms with Crippen LogP contribution in [0.5, 0.6) is 0 Å². The van der Waals surface area contributed by atoms with Crippen molar-refractivity contribution >= 4 is 21.7 Å². The van der Waals surface area contributed by atoms with E-state index in [2.05, 4.69) is 0 Å². The molecule has 0 aromatic heterocycles. The highest BCUT2D eigenvalue weighted by Gasteiger charge is 2.39. The van der Waals surface area contributed by atoms with Gasteiger partial charge in [0.25, 0.3) is 0 Å². The van der Waals surface area contributed by atoms with Gasteiger partial charge in [0, 0.05) is 5.56 Å². The van der Waals surface area contributed by atoms with Gasteiger partial charge in [-0.25, -0.2) is 8.42 Å². The van der Waals surface area contributed by atoms with Crippen molar-refractivity contribution in [1.29, 1.82) is 0 Å². The number of anilines is 1. The van der Waals surface area contributed by atoms with E-state index in [4.69, 9.17) is 4.74 Å². The number of carbonyl (C=O) groups excluding carboxylic acids is 1. The Morgan fingerprint density at radius 2 is 1.53 bits per heavy atom. The zero-order valence-electron chi connectivity index (χ0n) is 18.8. The summed E-state index contributed by atoms with van der Waals surface area (Å²) in [5.74, 6) is -0.592. The minimum atomic E-state index is -3.83. The molecule has 6 heteroatoms. The van der Waals surface area contributed by atoms with Crippen LogP contribution in [0.2, 0.25) is 0 Å². The van der Waals surface area contributed by atoms with Gasteiger partial charge in [0.05, 0.1) is 31.0 Å². The third kappa shape index (κ3) is 3.91. The lowest BCUT2D eigenvalue weighted by Gasteiger charge is -2.39. The summed E-state index contributed by atoms with van der Waals surface area (Å²) in [5.41, 5.74) is 6.95. The number of rotatable bonds is 5. The van der Waals surface area contributed by atoms with E-state index in [0.717, 1.165) is 38.9 Å². The molecule has 0 radical (unpaired) electrons. The zero-order chi connectivity index (χ0) is 23.0. The van der Waals surface area contributed by atoms with Crippen LogP contribution in [-0.4, -0.2) is 21.5 Å². The number of hydrogen-bond donors (Lipinski definition) is 0. The van der Waals surface area contributed by atoms with E-state index in [9.17, 15) is 13.2 Å². The molecule has 4 rings (SSSR count). The number of esters is 1. The summed E-state index contributed by atoms with van der Waals surface area (Å²) in [5, 5.41) is 0. The molecule has 1 heterocycles. The molecule has 1 aliphatic rings. The zero-order valence-corrected chi connectivity index (χ0v) is 19.6. The lowest BCUT2D eigenvalue weighted by molar-refractivity contribution is -0.141. The van der Waals surface area contributed by atoms with Crippen LogP contribution in [-0.2, 0) is 25.3 Å². The third-order valence-corrected chi connectivity index (χ3v) is 7.79. The van der Waals surface area contributed by atoms with Crippen LogP contribution in [0.4, 0.5) is 5.69 Å². The Labute approximate surface area is 189 Å². The minimum absolute atomic E-state index is 0.0626. The molecular weight excluding hydrogens is 422 g/mol. The molecule has 0 spiro atoms. The van der Waals surface area contributed by atoms with E-state index >= 15 is 0 Å². The largest absolute Gasteiger partial charge is 0.469 e. The molecule has 1 atom stereocenters. The number of methoxy groups -OCH3 is 1. The highest BCUT2D eigenvalue weighted by Crippen LogP contribution is 2.47. The maximum Gasteiger partial charge on any atom is 0.307 e. The lowest BCUT2D eigenvalue weighted by atomic mass is 9.88. The molecule has 166 valence electrons. The molecule has 5 nitrogen and oxygen atoms in total. The Balaban J connectivity index is 1.89. The summed E-state index contributed by atoms with van der Waals surface area (Å²) in [6, 6.07) is 18.4. The van der Waals surface area contributed by atoms with Gasteiger partial charge in [-0.3, -0.25) is 9.10 Å². The number of carbonyl (C=O) groups is 1. The summed E-state index contributed by atoms with van der Waals surface area (Å²) in [7, 11) is -2.51. The summed E-state index contributed by atoms with van der Waals surface area (Å²) in [6.45, 7) is 5.88. The molecule has 0 aliphatic carbocycles. The molecule has 32 heavy (non-hydrogen) atoms. The van der Waals surface area contributed by atoms with Crippen LogP contribution >= 0.6 is 0 Å². The quantitative estimate of drug-likeness (QED) is 0.500. The molecule has 0 bridgehead atoms. The van der Waals surface area contributed by atoms with Crippen molar-refractivity contribution in [1.82, 2.24) is 0 Å². The highest BCUT2D eigenvalue weighted by molar-refractivity contribution is 7.92. The van der Waals surface area contributed by atoms with Gasteiger partial charge < -0.3 is 4.74 Å². The Morgan fingerprint density at radius 1 is 0.938 bits per heavy atom. The fraction of sp³-hybridized carbons (Fsp3) is 0.269. The van der Waals surface area contributed by atoms with Crippen LogP contribution in [0.3, 0.4) is 0 Å². The molecular formula is C26H27NO4S. The van der Waals surface area contributed by atoms with E-state index in [1.54, 1.807) is 0 Å². The molecule has 1 aliphatic heterocycles. The summed E-state index contributed by atoms with van der Waals surface area (Å²) < 4.78 is 34.3. The standard InChI is InChI=1S/C26H27NO4S/c1-17-13-18(2)23(19(3)14-17)16-32(29,30)27-24-12-8-7-10-21(24)20-9-5-6-11-22(20)25(27)15-26(28)31-4/h5-14,25H,15-16H2,1-4H3. The highest BCUT2D eigenvalue weighted by atomic mass is 32.2. The van der Waals surface area contributed by atoms with Gasteiger partial charge in [-0.05, 0) is 54.7 Å². The van der Waals surface area contributed by atoms with Gasteiger partial charge in [-0.15, -0.1) is 0 Å². The SMILES string of the molecule is COC(=O)CC1c2ccccc2-c2ccccc2N1S(=O)(=O)Cc1c(C)cc(C)cc1C.